The van der Waals surface area contributed by atoms with Crippen LogP contribution in [0.15, 0.2) is 0 Å². The summed E-state index contributed by atoms with van der Waals surface area (Å²) in [5, 5.41) is 0. The monoisotopic (exact) mass is 226 g/mol. The van der Waals surface area contributed by atoms with Gasteiger partial charge < -0.3 is 15.4 Å². The van der Waals surface area contributed by atoms with E-state index in [1.807, 2.05) is 0 Å². The maximum Gasteiger partial charge on any atom is 0.0697 e. The highest BCUT2D eigenvalue weighted by atomic mass is 16.5. The minimum Gasteiger partial charge on any atom is -0.375 e. The third-order valence-electron chi connectivity index (χ3n) is 4.29. The van der Waals surface area contributed by atoms with Gasteiger partial charge in [-0.15, -0.1) is 0 Å². The highest BCUT2D eigenvalue weighted by Gasteiger charge is 2.43. The van der Waals surface area contributed by atoms with Crippen LogP contribution in [-0.2, 0) is 4.74 Å². The molecule has 1 heterocycles. The van der Waals surface area contributed by atoms with Crippen LogP contribution in [0.2, 0.25) is 0 Å². The Morgan fingerprint density at radius 3 is 2.81 bits per heavy atom. The SMILES string of the molecule is CC(N)CCN(C)C1CCOC2(CCC2)C1. The highest BCUT2D eigenvalue weighted by molar-refractivity contribution is 4.96. The quantitative estimate of drug-likeness (QED) is 0.794. The van der Waals surface area contributed by atoms with Gasteiger partial charge in [0.05, 0.1) is 5.60 Å². The van der Waals surface area contributed by atoms with Gasteiger partial charge in [0, 0.05) is 18.7 Å². The Morgan fingerprint density at radius 2 is 2.25 bits per heavy atom. The molecule has 1 spiro atoms. The van der Waals surface area contributed by atoms with Gasteiger partial charge in [-0.2, -0.15) is 0 Å². The Labute approximate surface area is 99.3 Å². The minimum absolute atomic E-state index is 0.269. The van der Waals surface area contributed by atoms with Crippen molar-refractivity contribution in [3.8, 4) is 0 Å². The molecule has 2 fully saturated rings. The molecule has 1 aliphatic heterocycles. The Kier molecular flexibility index (Phi) is 3.88. The molecule has 2 atom stereocenters. The molecule has 1 aliphatic carbocycles. The van der Waals surface area contributed by atoms with Crippen LogP contribution in [0.4, 0.5) is 0 Å². The topological polar surface area (TPSA) is 38.5 Å². The summed E-state index contributed by atoms with van der Waals surface area (Å²) in [7, 11) is 2.24. The van der Waals surface area contributed by atoms with Gasteiger partial charge in [0.1, 0.15) is 0 Å². The zero-order valence-electron chi connectivity index (χ0n) is 10.7. The van der Waals surface area contributed by atoms with Gasteiger partial charge in [-0.1, -0.05) is 0 Å². The molecule has 0 aromatic rings. The zero-order valence-corrected chi connectivity index (χ0v) is 10.7. The molecule has 0 aromatic carbocycles. The van der Waals surface area contributed by atoms with E-state index in [2.05, 4.69) is 18.9 Å². The molecule has 94 valence electrons. The van der Waals surface area contributed by atoms with E-state index in [-0.39, 0.29) is 5.60 Å². The normalized spacial score (nSPS) is 30.4. The van der Waals surface area contributed by atoms with Crippen molar-refractivity contribution in [2.45, 2.75) is 63.1 Å². The average Bonchev–Trinajstić information content (AvgIpc) is 2.24. The summed E-state index contributed by atoms with van der Waals surface area (Å²) in [6.45, 7) is 4.16. The van der Waals surface area contributed by atoms with Crippen molar-refractivity contribution in [3.63, 3.8) is 0 Å². The lowest BCUT2D eigenvalue weighted by Crippen LogP contribution is -2.51. The van der Waals surface area contributed by atoms with Crippen molar-refractivity contribution in [2.75, 3.05) is 20.2 Å². The fraction of sp³-hybridized carbons (Fsp3) is 1.00. The second-order valence-electron chi connectivity index (χ2n) is 5.78. The third kappa shape index (κ3) is 2.76. The van der Waals surface area contributed by atoms with Crippen LogP contribution < -0.4 is 5.73 Å². The fourth-order valence-corrected chi connectivity index (χ4v) is 2.89. The van der Waals surface area contributed by atoms with Crippen LogP contribution in [0.1, 0.15) is 45.4 Å². The fourth-order valence-electron chi connectivity index (χ4n) is 2.89. The van der Waals surface area contributed by atoms with Gasteiger partial charge in [-0.3, -0.25) is 0 Å². The molecular weight excluding hydrogens is 200 g/mol. The lowest BCUT2D eigenvalue weighted by atomic mass is 9.73. The minimum atomic E-state index is 0.269. The predicted octanol–water partition coefficient (Wildman–Crippen LogP) is 1.76. The Morgan fingerprint density at radius 1 is 1.50 bits per heavy atom. The predicted molar refractivity (Wildman–Crippen MR) is 66.5 cm³/mol. The van der Waals surface area contributed by atoms with Crippen molar-refractivity contribution in [2.24, 2.45) is 5.73 Å². The first-order valence-corrected chi connectivity index (χ1v) is 6.71. The number of hydrogen-bond acceptors (Lipinski definition) is 3. The van der Waals surface area contributed by atoms with Gasteiger partial charge in [0.2, 0.25) is 0 Å². The Bertz CT molecular complexity index is 226. The number of hydrogen-bond donors (Lipinski definition) is 1. The van der Waals surface area contributed by atoms with E-state index in [9.17, 15) is 0 Å². The second kappa shape index (κ2) is 5.03. The summed E-state index contributed by atoms with van der Waals surface area (Å²) in [4.78, 5) is 2.49. The van der Waals surface area contributed by atoms with Crippen molar-refractivity contribution in [1.29, 1.82) is 0 Å². The van der Waals surface area contributed by atoms with E-state index >= 15 is 0 Å². The number of rotatable bonds is 4. The van der Waals surface area contributed by atoms with Gasteiger partial charge in [0.25, 0.3) is 0 Å². The standard InChI is InChI=1S/C13H26N2O/c1-11(14)4-8-15(2)12-5-9-16-13(10-12)6-3-7-13/h11-12H,3-10,14H2,1-2H3. The molecule has 16 heavy (non-hydrogen) atoms. The Balaban J connectivity index is 1.79. The first-order chi connectivity index (χ1) is 7.61. The van der Waals surface area contributed by atoms with Crippen LogP contribution in [-0.4, -0.2) is 42.8 Å². The molecule has 1 saturated heterocycles. The molecule has 2 unspecified atom stereocenters. The number of ether oxygens (including phenoxy) is 1. The maximum atomic E-state index is 5.96. The largest absolute Gasteiger partial charge is 0.375 e. The smallest absolute Gasteiger partial charge is 0.0697 e. The Hall–Kier alpha value is -0.120. The summed E-state index contributed by atoms with van der Waals surface area (Å²) in [5.41, 5.74) is 6.08. The summed E-state index contributed by atoms with van der Waals surface area (Å²) in [6, 6.07) is 1.03. The first kappa shape index (κ1) is 12.3. The molecule has 2 aliphatic rings. The molecule has 0 bridgehead atoms. The van der Waals surface area contributed by atoms with E-state index in [1.165, 1.54) is 32.1 Å². The molecule has 2 rings (SSSR count). The summed E-state index contributed by atoms with van der Waals surface area (Å²) in [5.74, 6) is 0. The van der Waals surface area contributed by atoms with Gasteiger partial charge in [0.15, 0.2) is 0 Å². The second-order valence-corrected chi connectivity index (χ2v) is 5.78. The molecular formula is C13H26N2O. The molecule has 0 radical (unpaired) electrons. The first-order valence-electron chi connectivity index (χ1n) is 6.71. The van der Waals surface area contributed by atoms with Gasteiger partial charge in [-0.25, -0.2) is 0 Å². The maximum absolute atomic E-state index is 5.96. The molecule has 3 heteroatoms. The third-order valence-corrected chi connectivity index (χ3v) is 4.29. The number of nitrogens with zero attached hydrogens (tertiary/aromatic N) is 1. The van der Waals surface area contributed by atoms with E-state index in [4.69, 9.17) is 10.5 Å². The van der Waals surface area contributed by atoms with Crippen LogP contribution in [0.5, 0.6) is 0 Å². The van der Waals surface area contributed by atoms with Crippen molar-refractivity contribution in [1.82, 2.24) is 4.90 Å². The van der Waals surface area contributed by atoms with Gasteiger partial charge in [-0.05, 0) is 59.0 Å². The lowest BCUT2D eigenvalue weighted by Gasteiger charge is -2.49. The summed E-state index contributed by atoms with van der Waals surface area (Å²) in [6.07, 6.45) is 7.45. The highest BCUT2D eigenvalue weighted by Crippen LogP contribution is 2.43. The van der Waals surface area contributed by atoms with Crippen LogP contribution >= 0.6 is 0 Å². The van der Waals surface area contributed by atoms with Gasteiger partial charge >= 0.3 is 0 Å². The molecule has 1 saturated carbocycles. The molecule has 2 N–H and O–H groups in total. The molecule has 0 amide bonds. The van der Waals surface area contributed by atoms with Crippen molar-refractivity contribution < 1.29 is 4.74 Å². The van der Waals surface area contributed by atoms with Crippen LogP contribution in [0.25, 0.3) is 0 Å². The molecule has 3 nitrogen and oxygen atoms in total. The van der Waals surface area contributed by atoms with E-state index in [0.717, 1.165) is 19.6 Å². The molecule has 0 aromatic heterocycles. The summed E-state index contributed by atoms with van der Waals surface area (Å²) >= 11 is 0. The van der Waals surface area contributed by atoms with E-state index < -0.39 is 0 Å². The van der Waals surface area contributed by atoms with E-state index in [1.54, 1.807) is 0 Å². The van der Waals surface area contributed by atoms with Crippen molar-refractivity contribution >= 4 is 0 Å². The van der Waals surface area contributed by atoms with Crippen molar-refractivity contribution in [3.05, 3.63) is 0 Å². The number of nitrogens with two attached hydrogens (primary N) is 1. The average molecular weight is 226 g/mol. The van der Waals surface area contributed by atoms with E-state index in [0.29, 0.717) is 12.1 Å². The summed E-state index contributed by atoms with van der Waals surface area (Å²) < 4.78 is 5.96. The zero-order chi connectivity index (χ0) is 11.6. The van der Waals surface area contributed by atoms with Crippen LogP contribution in [0.3, 0.4) is 0 Å². The lowest BCUT2D eigenvalue weighted by molar-refractivity contribution is -0.146. The van der Waals surface area contributed by atoms with Crippen LogP contribution in [0, 0.1) is 0 Å².